The highest BCUT2D eigenvalue weighted by Crippen LogP contribution is 2.41. The summed E-state index contributed by atoms with van der Waals surface area (Å²) in [6, 6.07) is 26.8. The van der Waals surface area contributed by atoms with Crippen LogP contribution in [0.25, 0.3) is 10.9 Å². The molecule has 0 spiro atoms. The average Bonchev–Trinajstić information content (AvgIpc) is 2.98. The van der Waals surface area contributed by atoms with E-state index in [-0.39, 0.29) is 5.92 Å². The van der Waals surface area contributed by atoms with Crippen LogP contribution in [0.5, 0.6) is 5.75 Å². The molecule has 1 aromatic heterocycles. The minimum atomic E-state index is -0.00801. The molecule has 0 saturated heterocycles. The van der Waals surface area contributed by atoms with Crippen molar-refractivity contribution in [2.24, 2.45) is 7.05 Å². The molecule has 2 heteroatoms. The normalized spacial score (nSPS) is 12.4. The van der Waals surface area contributed by atoms with Gasteiger partial charge in [0.05, 0.1) is 5.92 Å². The quantitative estimate of drug-likeness (QED) is 0.465. The maximum absolute atomic E-state index is 10.7. The second kappa shape index (κ2) is 7.32. The number of phenols is 1. The second-order valence-electron chi connectivity index (χ2n) is 7.09. The number of aryl methyl sites for hydroxylation is 2. The Morgan fingerprint density at radius 3 is 2.26 bits per heavy atom. The predicted molar refractivity (Wildman–Crippen MR) is 112 cm³/mol. The lowest BCUT2D eigenvalue weighted by Gasteiger charge is -2.22. The number of benzene rings is 3. The smallest absolute Gasteiger partial charge is 0.119 e. The number of fused-ring (bicyclic) bond motifs is 1. The fourth-order valence-electron chi connectivity index (χ4n) is 4.23. The van der Waals surface area contributed by atoms with E-state index in [0.717, 1.165) is 18.4 Å². The van der Waals surface area contributed by atoms with Gasteiger partial charge in [0.2, 0.25) is 0 Å². The van der Waals surface area contributed by atoms with Crippen molar-refractivity contribution in [3.8, 4) is 5.75 Å². The Hall–Kier alpha value is -3.00. The number of aromatic hydroxyl groups is 1. The monoisotopic (exact) mass is 355 g/mol. The molecule has 136 valence electrons. The third kappa shape index (κ3) is 3.02. The molecular weight excluding hydrogens is 330 g/mol. The first-order valence-corrected chi connectivity index (χ1v) is 9.61. The van der Waals surface area contributed by atoms with Crippen molar-refractivity contribution >= 4 is 10.9 Å². The van der Waals surface area contributed by atoms with E-state index in [9.17, 15) is 5.11 Å². The molecule has 0 radical (unpaired) electrons. The SMILES string of the molecule is CCCc1c(C(c2ccccc2)c2ccccc2O)n(C)c2ccccc12. The molecular formula is C25H25NO. The van der Waals surface area contributed by atoms with Crippen molar-refractivity contribution < 1.29 is 5.11 Å². The summed E-state index contributed by atoms with van der Waals surface area (Å²) in [5.41, 5.74) is 6.04. The lowest BCUT2D eigenvalue weighted by Crippen LogP contribution is -2.11. The second-order valence-corrected chi connectivity index (χ2v) is 7.09. The topological polar surface area (TPSA) is 25.2 Å². The molecule has 0 aliphatic heterocycles. The fourth-order valence-corrected chi connectivity index (χ4v) is 4.23. The number of phenolic OH excluding ortho intramolecular Hbond substituents is 1. The van der Waals surface area contributed by atoms with Crippen molar-refractivity contribution in [2.75, 3.05) is 0 Å². The number of para-hydroxylation sites is 2. The van der Waals surface area contributed by atoms with Crippen molar-refractivity contribution in [3.05, 3.63) is 101 Å². The van der Waals surface area contributed by atoms with Crippen LogP contribution in [-0.2, 0) is 13.5 Å². The van der Waals surface area contributed by atoms with Gasteiger partial charge in [-0.1, -0.05) is 80.1 Å². The van der Waals surface area contributed by atoms with Crippen LogP contribution in [0.3, 0.4) is 0 Å². The molecule has 0 aliphatic rings. The van der Waals surface area contributed by atoms with Crippen LogP contribution in [0.15, 0.2) is 78.9 Å². The van der Waals surface area contributed by atoms with Gasteiger partial charge in [0.1, 0.15) is 5.75 Å². The third-order valence-corrected chi connectivity index (χ3v) is 5.42. The van der Waals surface area contributed by atoms with E-state index in [0.29, 0.717) is 5.75 Å². The van der Waals surface area contributed by atoms with Crippen LogP contribution >= 0.6 is 0 Å². The first kappa shape index (κ1) is 17.4. The van der Waals surface area contributed by atoms with Crippen LogP contribution in [0, 0.1) is 0 Å². The number of aromatic nitrogens is 1. The van der Waals surface area contributed by atoms with E-state index >= 15 is 0 Å². The standard InChI is InChI=1S/C25H25NO/c1-3-11-20-19-14-7-9-16-22(19)26(2)25(20)24(18-12-5-4-6-13-18)21-15-8-10-17-23(21)27/h4-10,12-17,24,27H,3,11H2,1-2H3. The highest BCUT2D eigenvalue weighted by Gasteiger charge is 2.27. The third-order valence-electron chi connectivity index (χ3n) is 5.42. The Balaban J connectivity index is 2.06. The van der Waals surface area contributed by atoms with Gasteiger partial charge in [-0.15, -0.1) is 0 Å². The molecule has 1 atom stereocenters. The zero-order chi connectivity index (χ0) is 18.8. The van der Waals surface area contributed by atoms with Crippen LogP contribution in [0.2, 0.25) is 0 Å². The molecule has 0 aliphatic carbocycles. The summed E-state index contributed by atoms with van der Waals surface area (Å²) in [4.78, 5) is 0. The van der Waals surface area contributed by atoms with Gasteiger partial charge in [-0.05, 0) is 29.7 Å². The zero-order valence-corrected chi connectivity index (χ0v) is 15.9. The largest absolute Gasteiger partial charge is 0.508 e. The molecule has 4 rings (SSSR count). The zero-order valence-electron chi connectivity index (χ0n) is 15.9. The van der Waals surface area contributed by atoms with Gasteiger partial charge in [0, 0.05) is 29.2 Å². The van der Waals surface area contributed by atoms with Gasteiger partial charge >= 0.3 is 0 Å². The number of rotatable bonds is 5. The molecule has 27 heavy (non-hydrogen) atoms. The van der Waals surface area contributed by atoms with E-state index in [1.54, 1.807) is 6.07 Å². The lowest BCUT2D eigenvalue weighted by molar-refractivity contribution is 0.466. The predicted octanol–water partition coefficient (Wildman–Crippen LogP) is 6.02. The molecule has 0 fully saturated rings. The average molecular weight is 355 g/mol. The van der Waals surface area contributed by atoms with Gasteiger partial charge in [-0.2, -0.15) is 0 Å². The summed E-state index contributed by atoms with van der Waals surface area (Å²) in [5, 5.41) is 12.0. The summed E-state index contributed by atoms with van der Waals surface area (Å²) in [7, 11) is 2.15. The minimum absolute atomic E-state index is 0.00801. The van der Waals surface area contributed by atoms with E-state index in [2.05, 4.69) is 67.1 Å². The fraction of sp³-hybridized carbons (Fsp3) is 0.200. The van der Waals surface area contributed by atoms with Gasteiger partial charge in [0.15, 0.2) is 0 Å². The Morgan fingerprint density at radius 2 is 1.52 bits per heavy atom. The molecule has 3 aromatic carbocycles. The van der Waals surface area contributed by atoms with Gasteiger partial charge in [-0.3, -0.25) is 0 Å². The molecule has 4 aromatic rings. The number of hydrogen-bond donors (Lipinski definition) is 1. The summed E-state index contributed by atoms with van der Waals surface area (Å²) in [6.07, 6.45) is 2.11. The van der Waals surface area contributed by atoms with E-state index in [1.165, 1.54) is 27.7 Å². The molecule has 0 saturated carbocycles. The molecule has 1 unspecified atom stereocenters. The molecule has 2 nitrogen and oxygen atoms in total. The van der Waals surface area contributed by atoms with E-state index in [1.807, 2.05) is 24.3 Å². The Bertz CT molecular complexity index is 1060. The van der Waals surface area contributed by atoms with Crippen LogP contribution in [0.4, 0.5) is 0 Å². The van der Waals surface area contributed by atoms with Crippen molar-refractivity contribution in [1.82, 2.24) is 4.57 Å². The van der Waals surface area contributed by atoms with Crippen molar-refractivity contribution in [1.29, 1.82) is 0 Å². The van der Waals surface area contributed by atoms with Gasteiger partial charge < -0.3 is 9.67 Å². The summed E-state index contributed by atoms with van der Waals surface area (Å²) in [6.45, 7) is 2.23. The highest BCUT2D eigenvalue weighted by molar-refractivity contribution is 5.86. The summed E-state index contributed by atoms with van der Waals surface area (Å²) in [5.74, 6) is 0.338. The summed E-state index contributed by atoms with van der Waals surface area (Å²) >= 11 is 0. The molecule has 1 heterocycles. The van der Waals surface area contributed by atoms with Crippen molar-refractivity contribution in [3.63, 3.8) is 0 Å². The van der Waals surface area contributed by atoms with E-state index in [4.69, 9.17) is 0 Å². The van der Waals surface area contributed by atoms with E-state index < -0.39 is 0 Å². The molecule has 0 amide bonds. The Labute approximate surface area is 160 Å². The maximum atomic E-state index is 10.7. The Morgan fingerprint density at radius 1 is 0.852 bits per heavy atom. The lowest BCUT2D eigenvalue weighted by atomic mass is 9.85. The van der Waals surface area contributed by atoms with Crippen LogP contribution in [-0.4, -0.2) is 9.67 Å². The Kier molecular flexibility index (Phi) is 4.72. The van der Waals surface area contributed by atoms with Crippen molar-refractivity contribution in [2.45, 2.75) is 25.7 Å². The number of nitrogens with zero attached hydrogens (tertiary/aromatic N) is 1. The minimum Gasteiger partial charge on any atom is -0.508 e. The van der Waals surface area contributed by atoms with Gasteiger partial charge in [0.25, 0.3) is 0 Å². The highest BCUT2D eigenvalue weighted by atomic mass is 16.3. The summed E-state index contributed by atoms with van der Waals surface area (Å²) < 4.78 is 2.31. The molecule has 0 bridgehead atoms. The van der Waals surface area contributed by atoms with Crippen LogP contribution < -0.4 is 0 Å². The molecule has 1 N–H and O–H groups in total. The first-order valence-electron chi connectivity index (χ1n) is 9.61. The number of hydrogen-bond acceptors (Lipinski definition) is 1. The maximum Gasteiger partial charge on any atom is 0.119 e. The first-order chi connectivity index (χ1) is 13.2. The van der Waals surface area contributed by atoms with Gasteiger partial charge in [-0.25, -0.2) is 0 Å². The van der Waals surface area contributed by atoms with Crippen LogP contribution in [0.1, 0.15) is 41.6 Å².